The first kappa shape index (κ1) is 21.5. The lowest BCUT2D eigenvalue weighted by atomic mass is 9.96. The summed E-state index contributed by atoms with van der Waals surface area (Å²) in [6, 6.07) is 16.2. The second-order valence-corrected chi connectivity index (χ2v) is 6.86. The molecule has 3 rings (SSSR count). The van der Waals surface area contributed by atoms with E-state index in [0.29, 0.717) is 30.0 Å². The van der Waals surface area contributed by atoms with Gasteiger partial charge in [0.2, 0.25) is 5.91 Å². The second-order valence-electron chi connectivity index (χ2n) is 6.86. The minimum Gasteiger partial charge on any atom is -0.457 e. The van der Waals surface area contributed by atoms with Crippen molar-refractivity contribution < 1.29 is 32.2 Å². The molecule has 1 aliphatic heterocycles. The first-order valence-corrected chi connectivity index (χ1v) is 9.42. The van der Waals surface area contributed by atoms with Gasteiger partial charge in [-0.1, -0.05) is 18.2 Å². The molecule has 6 nitrogen and oxygen atoms in total. The van der Waals surface area contributed by atoms with Gasteiger partial charge in [0.15, 0.2) is 6.61 Å². The summed E-state index contributed by atoms with van der Waals surface area (Å²) >= 11 is 0. The second kappa shape index (κ2) is 9.51. The standard InChI is InChI=1S/C21H21F3N2O4/c22-21(23,24)14-29-20(28)26-12-10-15(11-13-26)19(27)25-16-6-8-18(9-7-16)30-17-4-2-1-3-5-17/h1-9,15H,10-14H2,(H,25,27). The monoisotopic (exact) mass is 422 g/mol. The number of para-hydroxylation sites is 1. The quantitative estimate of drug-likeness (QED) is 0.750. The molecule has 2 amide bonds. The van der Waals surface area contributed by atoms with E-state index < -0.39 is 18.9 Å². The lowest BCUT2D eigenvalue weighted by Gasteiger charge is -2.30. The van der Waals surface area contributed by atoms with Crippen molar-refractivity contribution in [3.63, 3.8) is 0 Å². The smallest absolute Gasteiger partial charge is 0.422 e. The zero-order valence-corrected chi connectivity index (χ0v) is 16.0. The maximum atomic E-state index is 12.5. The van der Waals surface area contributed by atoms with Gasteiger partial charge in [-0.15, -0.1) is 0 Å². The molecule has 0 aliphatic carbocycles. The zero-order chi connectivity index (χ0) is 21.6. The Hall–Kier alpha value is -3.23. The lowest BCUT2D eigenvalue weighted by Crippen LogP contribution is -2.42. The highest BCUT2D eigenvalue weighted by Gasteiger charge is 2.32. The van der Waals surface area contributed by atoms with Gasteiger partial charge < -0.3 is 19.7 Å². The number of alkyl halides is 3. The van der Waals surface area contributed by atoms with Crippen molar-refractivity contribution in [3.8, 4) is 11.5 Å². The van der Waals surface area contributed by atoms with E-state index in [1.54, 1.807) is 24.3 Å². The zero-order valence-electron chi connectivity index (χ0n) is 16.0. The molecular formula is C21H21F3N2O4. The van der Waals surface area contributed by atoms with Crippen LogP contribution in [0.15, 0.2) is 54.6 Å². The number of benzene rings is 2. The third kappa shape index (κ3) is 6.40. The Labute approximate surface area is 171 Å². The number of nitrogens with one attached hydrogen (secondary N) is 1. The largest absolute Gasteiger partial charge is 0.457 e. The summed E-state index contributed by atoms with van der Waals surface area (Å²) in [5.41, 5.74) is 0.604. The van der Waals surface area contributed by atoms with Crippen molar-refractivity contribution >= 4 is 17.7 Å². The SMILES string of the molecule is O=C(Nc1ccc(Oc2ccccc2)cc1)C1CCN(C(=O)OCC(F)(F)F)CC1. The van der Waals surface area contributed by atoms with Gasteiger partial charge in [0.25, 0.3) is 0 Å². The molecule has 0 atom stereocenters. The Bertz CT molecular complexity index is 849. The van der Waals surface area contributed by atoms with E-state index in [0.717, 1.165) is 0 Å². The van der Waals surface area contributed by atoms with Crippen LogP contribution in [0, 0.1) is 5.92 Å². The number of amides is 2. The van der Waals surface area contributed by atoms with Gasteiger partial charge in [0, 0.05) is 24.7 Å². The van der Waals surface area contributed by atoms with Crippen LogP contribution in [0.1, 0.15) is 12.8 Å². The molecule has 1 aliphatic rings. The summed E-state index contributed by atoms with van der Waals surface area (Å²) in [6.07, 6.45) is -4.87. The van der Waals surface area contributed by atoms with Crippen molar-refractivity contribution in [2.75, 3.05) is 25.0 Å². The average molecular weight is 422 g/mol. The van der Waals surface area contributed by atoms with Gasteiger partial charge in [-0.25, -0.2) is 4.79 Å². The number of likely N-dealkylation sites (tertiary alicyclic amines) is 1. The van der Waals surface area contributed by atoms with E-state index in [1.165, 1.54) is 4.90 Å². The number of hydrogen-bond acceptors (Lipinski definition) is 4. The summed E-state index contributed by atoms with van der Waals surface area (Å²) < 4.78 is 46.3. The first-order valence-electron chi connectivity index (χ1n) is 9.42. The molecule has 0 spiro atoms. The van der Waals surface area contributed by atoms with E-state index in [2.05, 4.69) is 10.1 Å². The summed E-state index contributed by atoms with van der Waals surface area (Å²) in [7, 11) is 0. The van der Waals surface area contributed by atoms with Crippen LogP contribution in [0.25, 0.3) is 0 Å². The van der Waals surface area contributed by atoms with Crippen LogP contribution < -0.4 is 10.1 Å². The molecule has 0 radical (unpaired) electrons. The van der Waals surface area contributed by atoms with Gasteiger partial charge in [-0.3, -0.25) is 4.79 Å². The first-order chi connectivity index (χ1) is 14.3. The van der Waals surface area contributed by atoms with Crippen LogP contribution in [0.2, 0.25) is 0 Å². The Morgan fingerprint density at radius 3 is 2.17 bits per heavy atom. The molecule has 9 heteroatoms. The molecule has 2 aromatic carbocycles. The van der Waals surface area contributed by atoms with Gasteiger partial charge >= 0.3 is 12.3 Å². The van der Waals surface area contributed by atoms with Gasteiger partial charge in [0.1, 0.15) is 11.5 Å². The number of anilines is 1. The van der Waals surface area contributed by atoms with Crippen molar-refractivity contribution in [2.24, 2.45) is 5.92 Å². The van der Waals surface area contributed by atoms with Crippen LogP contribution >= 0.6 is 0 Å². The number of carbonyl (C=O) groups is 2. The van der Waals surface area contributed by atoms with E-state index in [9.17, 15) is 22.8 Å². The van der Waals surface area contributed by atoms with Crippen LogP contribution in [0.4, 0.5) is 23.7 Å². The molecule has 1 heterocycles. The maximum absolute atomic E-state index is 12.5. The molecule has 2 aromatic rings. The number of ether oxygens (including phenoxy) is 2. The van der Waals surface area contributed by atoms with Crippen LogP contribution in [0.3, 0.4) is 0 Å². The molecule has 0 saturated carbocycles. The van der Waals surface area contributed by atoms with E-state index in [1.807, 2.05) is 30.3 Å². The predicted octanol–water partition coefficient (Wildman–Crippen LogP) is 4.83. The topological polar surface area (TPSA) is 67.9 Å². The highest BCUT2D eigenvalue weighted by molar-refractivity contribution is 5.92. The molecule has 0 aromatic heterocycles. The lowest BCUT2D eigenvalue weighted by molar-refractivity contribution is -0.162. The third-order valence-electron chi connectivity index (χ3n) is 4.58. The Morgan fingerprint density at radius 1 is 0.967 bits per heavy atom. The Balaban J connectivity index is 1.45. The minimum absolute atomic E-state index is 0.165. The summed E-state index contributed by atoms with van der Waals surface area (Å²) in [5.74, 6) is 0.798. The minimum atomic E-state index is -4.56. The number of nitrogens with zero attached hydrogens (tertiary/aromatic N) is 1. The molecule has 1 saturated heterocycles. The normalized spacial score (nSPS) is 14.8. The molecule has 1 fully saturated rings. The molecule has 1 N–H and O–H groups in total. The van der Waals surface area contributed by atoms with Gasteiger partial charge in [0.05, 0.1) is 0 Å². The van der Waals surface area contributed by atoms with Crippen LogP contribution in [0.5, 0.6) is 11.5 Å². The fourth-order valence-corrected chi connectivity index (χ4v) is 3.03. The molecule has 160 valence electrons. The van der Waals surface area contributed by atoms with E-state index in [-0.39, 0.29) is 24.9 Å². The van der Waals surface area contributed by atoms with Gasteiger partial charge in [-0.2, -0.15) is 13.2 Å². The number of halogens is 3. The fraction of sp³-hybridized carbons (Fsp3) is 0.333. The highest BCUT2D eigenvalue weighted by atomic mass is 19.4. The summed E-state index contributed by atoms with van der Waals surface area (Å²) in [6.45, 7) is -1.28. The molecule has 30 heavy (non-hydrogen) atoms. The van der Waals surface area contributed by atoms with Crippen molar-refractivity contribution in [1.82, 2.24) is 4.90 Å². The highest BCUT2D eigenvalue weighted by Crippen LogP contribution is 2.24. The van der Waals surface area contributed by atoms with Gasteiger partial charge in [-0.05, 0) is 49.2 Å². The molecule has 0 unspecified atom stereocenters. The Kier molecular flexibility index (Phi) is 6.81. The number of piperidine rings is 1. The molecule has 0 bridgehead atoms. The van der Waals surface area contributed by atoms with E-state index in [4.69, 9.17) is 4.74 Å². The molecular weight excluding hydrogens is 401 g/mol. The maximum Gasteiger partial charge on any atom is 0.422 e. The number of carbonyl (C=O) groups excluding carboxylic acids is 2. The van der Waals surface area contributed by atoms with Crippen molar-refractivity contribution in [3.05, 3.63) is 54.6 Å². The number of hydrogen-bond donors (Lipinski definition) is 1. The Morgan fingerprint density at radius 2 is 1.57 bits per heavy atom. The number of rotatable bonds is 5. The van der Waals surface area contributed by atoms with Crippen LogP contribution in [-0.4, -0.2) is 42.8 Å². The third-order valence-corrected chi connectivity index (χ3v) is 4.58. The van der Waals surface area contributed by atoms with Crippen LogP contribution in [-0.2, 0) is 9.53 Å². The predicted molar refractivity (Wildman–Crippen MR) is 103 cm³/mol. The summed E-state index contributed by atoms with van der Waals surface area (Å²) in [5, 5.41) is 2.81. The average Bonchev–Trinajstić information content (AvgIpc) is 2.74. The van der Waals surface area contributed by atoms with Crippen molar-refractivity contribution in [1.29, 1.82) is 0 Å². The fourth-order valence-electron chi connectivity index (χ4n) is 3.03. The summed E-state index contributed by atoms with van der Waals surface area (Å²) in [4.78, 5) is 25.3. The van der Waals surface area contributed by atoms with E-state index >= 15 is 0 Å². The van der Waals surface area contributed by atoms with Crippen molar-refractivity contribution in [2.45, 2.75) is 19.0 Å².